The predicted molar refractivity (Wildman–Crippen MR) is 123 cm³/mol. The second kappa shape index (κ2) is 8.30. The number of nitrogens with one attached hydrogen (secondary N) is 1. The van der Waals surface area contributed by atoms with Crippen LogP contribution in [0.3, 0.4) is 0 Å². The Labute approximate surface area is 195 Å². The maximum absolute atomic E-state index is 13.5. The minimum atomic E-state index is -1.06. The number of carbonyl (C=O) groups is 2. The molecule has 2 aliphatic heterocycles. The number of nitrogens with zero attached hydrogens (tertiary/aromatic N) is 1. The van der Waals surface area contributed by atoms with Crippen molar-refractivity contribution in [3.63, 3.8) is 0 Å². The normalized spacial score (nSPS) is 32.2. The van der Waals surface area contributed by atoms with Crippen LogP contribution >= 0.6 is 11.6 Å². The van der Waals surface area contributed by atoms with Crippen molar-refractivity contribution in [1.82, 2.24) is 10.2 Å². The third-order valence-corrected chi connectivity index (χ3v) is 8.06. The van der Waals surface area contributed by atoms with Crippen LogP contribution in [0.4, 0.5) is 0 Å². The fourth-order valence-corrected chi connectivity index (χ4v) is 5.56. The Bertz CT molecular complexity index is 880. The number of piperidine rings is 1. The van der Waals surface area contributed by atoms with E-state index in [1.165, 1.54) is 0 Å². The largest absolute Gasteiger partial charge is 0.384 e. The van der Waals surface area contributed by atoms with E-state index in [9.17, 15) is 14.7 Å². The maximum atomic E-state index is 13.5. The SMILES string of the molecule is CC(C)C(NC(=O)C1CCC2(CO2)C1)C(=O)N1CCC(O)(c2ccc(Cl)cc2)C(C)(C)C1. The first-order valence-corrected chi connectivity index (χ1v) is 12.1. The van der Waals surface area contributed by atoms with Crippen molar-refractivity contribution in [3.8, 4) is 0 Å². The fourth-order valence-electron chi connectivity index (χ4n) is 5.43. The maximum Gasteiger partial charge on any atom is 0.245 e. The standard InChI is InChI=1S/C25H35ClN2O4/c1-16(2)20(27-21(29)17-9-10-24(13-17)15-32-24)22(30)28-12-11-25(31,23(3,4)14-28)18-5-7-19(26)8-6-18/h5-8,16-17,20,31H,9-15H2,1-4H3,(H,27,29). The van der Waals surface area contributed by atoms with Gasteiger partial charge in [0.2, 0.25) is 11.8 Å². The zero-order valence-corrected chi connectivity index (χ0v) is 20.2. The highest BCUT2D eigenvalue weighted by atomic mass is 35.5. The summed E-state index contributed by atoms with van der Waals surface area (Å²) in [7, 11) is 0. The summed E-state index contributed by atoms with van der Waals surface area (Å²) in [6.45, 7) is 9.48. The van der Waals surface area contributed by atoms with Crippen molar-refractivity contribution < 1.29 is 19.4 Å². The van der Waals surface area contributed by atoms with Crippen molar-refractivity contribution in [1.29, 1.82) is 0 Å². The number of ether oxygens (including phenoxy) is 1. The Morgan fingerprint density at radius 3 is 2.41 bits per heavy atom. The summed E-state index contributed by atoms with van der Waals surface area (Å²) >= 11 is 6.03. The van der Waals surface area contributed by atoms with Crippen molar-refractivity contribution in [2.75, 3.05) is 19.7 Å². The van der Waals surface area contributed by atoms with Gasteiger partial charge >= 0.3 is 0 Å². The zero-order valence-electron chi connectivity index (χ0n) is 19.5. The van der Waals surface area contributed by atoms with Crippen LogP contribution in [0.15, 0.2) is 24.3 Å². The van der Waals surface area contributed by atoms with Gasteiger partial charge in [-0.05, 0) is 49.3 Å². The van der Waals surface area contributed by atoms with Gasteiger partial charge in [-0.15, -0.1) is 0 Å². The van der Waals surface area contributed by atoms with E-state index in [0.29, 0.717) is 24.5 Å². The molecule has 1 aromatic rings. The number of amides is 2. The Balaban J connectivity index is 1.44. The number of aliphatic hydroxyl groups is 1. The van der Waals surface area contributed by atoms with E-state index in [1.54, 1.807) is 17.0 Å². The number of hydrogen-bond donors (Lipinski definition) is 2. The van der Waals surface area contributed by atoms with Gasteiger partial charge in [0.1, 0.15) is 6.04 Å². The lowest BCUT2D eigenvalue weighted by Gasteiger charge is -2.51. The Morgan fingerprint density at radius 2 is 1.88 bits per heavy atom. The third kappa shape index (κ3) is 4.29. The zero-order chi connectivity index (χ0) is 23.3. The molecule has 2 heterocycles. The molecule has 0 aromatic heterocycles. The molecule has 2 N–H and O–H groups in total. The summed E-state index contributed by atoms with van der Waals surface area (Å²) in [5.41, 5.74) is -0.887. The van der Waals surface area contributed by atoms with Crippen molar-refractivity contribution in [3.05, 3.63) is 34.9 Å². The van der Waals surface area contributed by atoms with E-state index in [2.05, 4.69) is 5.32 Å². The minimum Gasteiger partial charge on any atom is -0.384 e. The third-order valence-electron chi connectivity index (χ3n) is 7.80. The van der Waals surface area contributed by atoms with E-state index in [4.69, 9.17) is 16.3 Å². The average Bonchev–Trinajstić information content (AvgIpc) is 3.36. The molecule has 0 bridgehead atoms. The molecule has 2 amide bonds. The van der Waals surface area contributed by atoms with Crippen molar-refractivity contribution in [2.45, 2.75) is 70.6 Å². The Morgan fingerprint density at radius 1 is 1.22 bits per heavy atom. The van der Waals surface area contributed by atoms with Crippen LogP contribution in [0.1, 0.15) is 58.9 Å². The van der Waals surface area contributed by atoms with Crippen LogP contribution in [-0.2, 0) is 19.9 Å². The second-order valence-corrected chi connectivity index (χ2v) is 11.3. The monoisotopic (exact) mass is 462 g/mol. The predicted octanol–water partition coefficient (Wildman–Crippen LogP) is 3.50. The van der Waals surface area contributed by atoms with Gasteiger partial charge < -0.3 is 20.1 Å². The molecule has 0 radical (unpaired) electrons. The highest BCUT2D eigenvalue weighted by Gasteiger charge is 2.53. The molecule has 4 rings (SSSR count). The number of halogens is 1. The van der Waals surface area contributed by atoms with Crippen LogP contribution in [0, 0.1) is 17.3 Å². The highest BCUT2D eigenvalue weighted by molar-refractivity contribution is 6.30. The summed E-state index contributed by atoms with van der Waals surface area (Å²) in [5, 5.41) is 15.3. The number of likely N-dealkylation sites (tertiary alicyclic amines) is 1. The van der Waals surface area contributed by atoms with E-state index < -0.39 is 17.1 Å². The molecule has 4 atom stereocenters. The Hall–Kier alpha value is -1.63. The van der Waals surface area contributed by atoms with Crippen molar-refractivity contribution >= 4 is 23.4 Å². The van der Waals surface area contributed by atoms with Gasteiger partial charge in [-0.1, -0.05) is 51.4 Å². The molecule has 1 saturated carbocycles. The van der Waals surface area contributed by atoms with E-state index in [0.717, 1.165) is 31.4 Å². The molecule has 32 heavy (non-hydrogen) atoms. The summed E-state index contributed by atoms with van der Waals surface area (Å²) < 4.78 is 5.53. The van der Waals surface area contributed by atoms with Crippen LogP contribution in [0.5, 0.6) is 0 Å². The summed E-state index contributed by atoms with van der Waals surface area (Å²) in [5.74, 6) is -0.230. The molecule has 1 aromatic carbocycles. The van der Waals surface area contributed by atoms with Gasteiger partial charge in [0.05, 0.1) is 17.8 Å². The van der Waals surface area contributed by atoms with Gasteiger partial charge in [-0.2, -0.15) is 0 Å². The number of rotatable bonds is 5. The molecule has 1 spiro atoms. The highest BCUT2D eigenvalue weighted by Crippen LogP contribution is 2.47. The van der Waals surface area contributed by atoms with Gasteiger partial charge in [0, 0.05) is 29.4 Å². The first-order chi connectivity index (χ1) is 15.0. The first-order valence-electron chi connectivity index (χ1n) is 11.7. The quantitative estimate of drug-likeness (QED) is 0.656. The van der Waals surface area contributed by atoms with Gasteiger partial charge in [-0.25, -0.2) is 0 Å². The lowest BCUT2D eigenvalue weighted by molar-refractivity contribution is -0.157. The van der Waals surface area contributed by atoms with Crippen LogP contribution in [-0.4, -0.2) is 53.2 Å². The molecule has 2 saturated heterocycles. The average molecular weight is 463 g/mol. The van der Waals surface area contributed by atoms with Crippen molar-refractivity contribution in [2.24, 2.45) is 17.3 Å². The molecule has 4 unspecified atom stereocenters. The number of benzene rings is 1. The molecular weight excluding hydrogens is 428 g/mol. The number of hydrogen-bond acceptors (Lipinski definition) is 4. The second-order valence-electron chi connectivity index (χ2n) is 10.9. The summed E-state index contributed by atoms with van der Waals surface area (Å²) in [4.78, 5) is 28.2. The van der Waals surface area contributed by atoms with Gasteiger partial charge in [0.25, 0.3) is 0 Å². The van der Waals surface area contributed by atoms with Crippen LogP contribution in [0.25, 0.3) is 0 Å². The molecule has 6 nitrogen and oxygen atoms in total. The Kier molecular flexibility index (Phi) is 6.10. The summed E-state index contributed by atoms with van der Waals surface area (Å²) in [6, 6.07) is 6.71. The molecule has 3 fully saturated rings. The van der Waals surface area contributed by atoms with E-state index in [1.807, 2.05) is 39.8 Å². The molecule has 3 aliphatic rings. The number of epoxide rings is 1. The molecule has 176 valence electrons. The van der Waals surface area contributed by atoms with Crippen LogP contribution in [0.2, 0.25) is 5.02 Å². The van der Waals surface area contributed by atoms with E-state index in [-0.39, 0.29) is 29.3 Å². The molecule has 7 heteroatoms. The van der Waals surface area contributed by atoms with Crippen LogP contribution < -0.4 is 5.32 Å². The number of carbonyl (C=O) groups excluding carboxylic acids is 2. The summed E-state index contributed by atoms with van der Waals surface area (Å²) in [6.07, 6.45) is 2.92. The van der Waals surface area contributed by atoms with E-state index >= 15 is 0 Å². The lowest BCUT2D eigenvalue weighted by Crippen LogP contribution is -2.60. The smallest absolute Gasteiger partial charge is 0.245 e. The van der Waals surface area contributed by atoms with Gasteiger partial charge in [0.15, 0.2) is 0 Å². The minimum absolute atomic E-state index is 0.0285. The first kappa shape index (κ1) is 23.5. The lowest BCUT2D eigenvalue weighted by atomic mass is 9.66. The fraction of sp³-hybridized carbons (Fsp3) is 0.680. The van der Waals surface area contributed by atoms with Gasteiger partial charge in [-0.3, -0.25) is 9.59 Å². The topological polar surface area (TPSA) is 82.2 Å². The molecular formula is C25H35ClN2O4. The molecule has 1 aliphatic carbocycles.